The maximum Gasteiger partial charge on any atom is 0.00761 e. The summed E-state index contributed by atoms with van der Waals surface area (Å²) in [6.45, 7) is 2.25. The molecule has 0 spiro atoms. The lowest BCUT2D eigenvalue weighted by Crippen LogP contribution is -2.23. The standard InChI is InChI=1S/C12H23N/c1-2-3-4-5-7-11-8-6-9-12(13)10-11/h7,12H,2-6,8-10,13H2,1H3. The molecule has 1 saturated carbocycles. The molecule has 1 aliphatic carbocycles. The first-order valence-corrected chi connectivity index (χ1v) is 5.76. The van der Waals surface area contributed by atoms with Crippen LogP contribution in [0.4, 0.5) is 0 Å². The third kappa shape index (κ3) is 4.47. The molecule has 2 N–H and O–H groups in total. The Kier molecular flexibility index (Phi) is 5.14. The van der Waals surface area contributed by atoms with E-state index < -0.39 is 0 Å². The second-order valence-electron chi connectivity index (χ2n) is 4.21. The van der Waals surface area contributed by atoms with E-state index in [9.17, 15) is 0 Å². The van der Waals surface area contributed by atoms with Gasteiger partial charge in [0.15, 0.2) is 0 Å². The summed E-state index contributed by atoms with van der Waals surface area (Å²) in [6.07, 6.45) is 12.8. The molecule has 0 radical (unpaired) electrons. The van der Waals surface area contributed by atoms with Crippen LogP contribution in [-0.2, 0) is 0 Å². The van der Waals surface area contributed by atoms with Crippen LogP contribution >= 0.6 is 0 Å². The van der Waals surface area contributed by atoms with E-state index in [-0.39, 0.29) is 0 Å². The Morgan fingerprint density at radius 1 is 1.46 bits per heavy atom. The van der Waals surface area contributed by atoms with Crippen LogP contribution in [0.1, 0.15) is 58.3 Å². The van der Waals surface area contributed by atoms with Gasteiger partial charge in [-0.05, 0) is 38.5 Å². The first-order valence-electron chi connectivity index (χ1n) is 5.76. The minimum absolute atomic E-state index is 0.450. The zero-order valence-electron chi connectivity index (χ0n) is 8.89. The fourth-order valence-electron chi connectivity index (χ4n) is 2.02. The van der Waals surface area contributed by atoms with Crippen LogP contribution in [0, 0.1) is 0 Å². The van der Waals surface area contributed by atoms with Crippen molar-refractivity contribution in [3.63, 3.8) is 0 Å². The molecule has 0 bridgehead atoms. The predicted molar refractivity (Wildman–Crippen MR) is 58.7 cm³/mol. The maximum absolute atomic E-state index is 5.91. The van der Waals surface area contributed by atoms with Crippen molar-refractivity contribution in [2.45, 2.75) is 64.3 Å². The molecule has 0 heterocycles. The number of nitrogens with two attached hydrogens (primary N) is 1. The van der Waals surface area contributed by atoms with Crippen LogP contribution in [-0.4, -0.2) is 6.04 Å². The highest BCUT2D eigenvalue weighted by Gasteiger charge is 2.11. The quantitative estimate of drug-likeness (QED) is 0.522. The first-order chi connectivity index (χ1) is 6.33. The lowest BCUT2D eigenvalue weighted by atomic mass is 9.90. The number of allylic oxidation sites excluding steroid dienone is 1. The molecule has 0 aromatic rings. The Bertz CT molecular complexity index is 161. The van der Waals surface area contributed by atoms with Gasteiger partial charge in [-0.15, -0.1) is 0 Å². The van der Waals surface area contributed by atoms with E-state index >= 15 is 0 Å². The lowest BCUT2D eigenvalue weighted by Gasteiger charge is -2.20. The average molecular weight is 181 g/mol. The van der Waals surface area contributed by atoms with Crippen LogP contribution in [0.3, 0.4) is 0 Å². The van der Waals surface area contributed by atoms with Crippen molar-refractivity contribution in [3.05, 3.63) is 11.6 Å². The van der Waals surface area contributed by atoms with Crippen molar-refractivity contribution in [3.8, 4) is 0 Å². The summed E-state index contributed by atoms with van der Waals surface area (Å²) < 4.78 is 0. The molecule has 1 heteroatoms. The van der Waals surface area contributed by atoms with Crippen LogP contribution in [0.25, 0.3) is 0 Å². The van der Waals surface area contributed by atoms with Gasteiger partial charge in [-0.2, -0.15) is 0 Å². The van der Waals surface area contributed by atoms with Gasteiger partial charge < -0.3 is 5.73 Å². The van der Waals surface area contributed by atoms with Gasteiger partial charge in [-0.3, -0.25) is 0 Å². The second-order valence-corrected chi connectivity index (χ2v) is 4.21. The molecule has 1 nitrogen and oxygen atoms in total. The van der Waals surface area contributed by atoms with Gasteiger partial charge in [0.05, 0.1) is 0 Å². The molecule has 1 aliphatic rings. The van der Waals surface area contributed by atoms with Gasteiger partial charge in [0.2, 0.25) is 0 Å². The topological polar surface area (TPSA) is 26.0 Å². The summed E-state index contributed by atoms with van der Waals surface area (Å²) in [4.78, 5) is 0. The van der Waals surface area contributed by atoms with E-state index in [0.717, 1.165) is 6.42 Å². The third-order valence-corrected chi connectivity index (χ3v) is 2.84. The van der Waals surface area contributed by atoms with Crippen molar-refractivity contribution >= 4 is 0 Å². The van der Waals surface area contributed by atoms with Crippen molar-refractivity contribution in [2.24, 2.45) is 5.73 Å². The SMILES string of the molecule is CCCCCC=C1CCCC(N)C1. The Morgan fingerprint density at radius 2 is 2.31 bits per heavy atom. The van der Waals surface area contributed by atoms with E-state index in [1.54, 1.807) is 5.57 Å². The highest BCUT2D eigenvalue weighted by Crippen LogP contribution is 2.22. The summed E-state index contributed by atoms with van der Waals surface area (Å²) in [5.74, 6) is 0. The molecule has 0 aromatic carbocycles. The Labute approximate surface area is 82.4 Å². The van der Waals surface area contributed by atoms with E-state index in [2.05, 4.69) is 13.0 Å². The average Bonchev–Trinajstić information content (AvgIpc) is 2.13. The highest BCUT2D eigenvalue weighted by atomic mass is 14.6. The predicted octanol–water partition coefficient (Wildman–Crippen LogP) is 3.39. The number of unbranched alkanes of at least 4 members (excludes halogenated alkanes) is 3. The molecule has 1 rings (SSSR count). The fraction of sp³-hybridized carbons (Fsp3) is 0.833. The van der Waals surface area contributed by atoms with Gasteiger partial charge in [0.1, 0.15) is 0 Å². The summed E-state index contributed by atoms with van der Waals surface area (Å²) >= 11 is 0. The molecule has 0 aromatic heterocycles. The summed E-state index contributed by atoms with van der Waals surface area (Å²) in [5, 5.41) is 0. The van der Waals surface area contributed by atoms with Gasteiger partial charge in [-0.1, -0.05) is 31.4 Å². The summed E-state index contributed by atoms with van der Waals surface area (Å²) in [7, 11) is 0. The molecule has 1 atom stereocenters. The van der Waals surface area contributed by atoms with Crippen molar-refractivity contribution in [1.82, 2.24) is 0 Å². The lowest BCUT2D eigenvalue weighted by molar-refractivity contribution is 0.515. The van der Waals surface area contributed by atoms with Gasteiger partial charge in [0, 0.05) is 6.04 Å². The first kappa shape index (κ1) is 10.8. The Balaban J connectivity index is 2.17. The van der Waals surface area contributed by atoms with Crippen molar-refractivity contribution in [1.29, 1.82) is 0 Å². The monoisotopic (exact) mass is 181 g/mol. The molecule has 0 saturated heterocycles. The van der Waals surface area contributed by atoms with Crippen LogP contribution in [0.2, 0.25) is 0 Å². The molecule has 1 fully saturated rings. The zero-order chi connectivity index (χ0) is 9.52. The molecule has 13 heavy (non-hydrogen) atoms. The molecule has 76 valence electrons. The fourth-order valence-corrected chi connectivity index (χ4v) is 2.02. The smallest absolute Gasteiger partial charge is 0.00761 e. The van der Waals surface area contributed by atoms with Gasteiger partial charge >= 0.3 is 0 Å². The van der Waals surface area contributed by atoms with Gasteiger partial charge in [-0.25, -0.2) is 0 Å². The second kappa shape index (κ2) is 6.20. The highest BCUT2D eigenvalue weighted by molar-refractivity contribution is 5.06. The zero-order valence-corrected chi connectivity index (χ0v) is 8.89. The van der Waals surface area contributed by atoms with Gasteiger partial charge in [0.25, 0.3) is 0 Å². The van der Waals surface area contributed by atoms with Crippen LogP contribution in [0.5, 0.6) is 0 Å². The van der Waals surface area contributed by atoms with E-state index in [0.29, 0.717) is 6.04 Å². The van der Waals surface area contributed by atoms with Crippen molar-refractivity contribution < 1.29 is 0 Å². The minimum Gasteiger partial charge on any atom is -0.327 e. The maximum atomic E-state index is 5.91. The van der Waals surface area contributed by atoms with E-state index in [1.165, 1.54) is 44.9 Å². The third-order valence-electron chi connectivity index (χ3n) is 2.84. The molecular weight excluding hydrogens is 158 g/mol. The summed E-state index contributed by atoms with van der Waals surface area (Å²) in [5.41, 5.74) is 7.53. The van der Waals surface area contributed by atoms with Crippen LogP contribution in [0.15, 0.2) is 11.6 Å². The molecule has 1 unspecified atom stereocenters. The van der Waals surface area contributed by atoms with E-state index in [1.807, 2.05) is 0 Å². The summed E-state index contributed by atoms with van der Waals surface area (Å²) in [6, 6.07) is 0.450. The Hall–Kier alpha value is -0.300. The van der Waals surface area contributed by atoms with Crippen molar-refractivity contribution in [2.75, 3.05) is 0 Å². The minimum atomic E-state index is 0.450. The number of hydrogen-bond acceptors (Lipinski definition) is 1. The normalized spacial score (nSPS) is 26.6. The molecular formula is C12H23N. The number of hydrogen-bond donors (Lipinski definition) is 1. The van der Waals surface area contributed by atoms with E-state index in [4.69, 9.17) is 5.73 Å². The molecule has 0 aliphatic heterocycles. The molecule has 0 amide bonds. The number of rotatable bonds is 4. The largest absolute Gasteiger partial charge is 0.327 e. The Morgan fingerprint density at radius 3 is 3.00 bits per heavy atom. The van der Waals surface area contributed by atoms with Crippen LogP contribution < -0.4 is 5.73 Å².